The van der Waals surface area contributed by atoms with Gasteiger partial charge in [-0.1, -0.05) is 37.8 Å². The number of nitrogens with one attached hydrogen (secondary N) is 2. The molecule has 7 heteroatoms. The largest absolute Gasteiger partial charge is 0.376 e. The molecule has 0 aromatic heterocycles. The van der Waals surface area contributed by atoms with Gasteiger partial charge in [-0.25, -0.2) is 0 Å². The summed E-state index contributed by atoms with van der Waals surface area (Å²) in [7, 11) is 1.70. The number of benzene rings is 1. The van der Waals surface area contributed by atoms with E-state index in [1.54, 1.807) is 30.1 Å². The van der Waals surface area contributed by atoms with Gasteiger partial charge in [-0.3, -0.25) is 9.59 Å². The maximum absolute atomic E-state index is 12.6. The number of carbonyl (C=O) groups is 2. The van der Waals surface area contributed by atoms with Crippen LogP contribution in [0.2, 0.25) is 5.02 Å². The average molecular weight is 419 g/mol. The molecule has 0 bridgehead atoms. The molecular formula is C22H31ClN4O2. The summed E-state index contributed by atoms with van der Waals surface area (Å²) >= 11 is 6.30. The maximum Gasteiger partial charge on any atom is 0.253 e. The predicted octanol–water partition coefficient (Wildman–Crippen LogP) is 4.36. The van der Waals surface area contributed by atoms with Crippen molar-refractivity contribution < 1.29 is 9.59 Å². The van der Waals surface area contributed by atoms with Crippen LogP contribution in [0.15, 0.2) is 18.2 Å². The lowest BCUT2D eigenvalue weighted by molar-refractivity contribution is -0.132. The standard InChI is InChI=1S/C22H31ClN4O2/c1-5-21(2,3)26-20(29)17-10-9-16(13-18(17)23)25-14-19(28)27(4)22(15-24)11-7-6-8-12-22/h9-10,13,25H,5-8,11-12,14H2,1-4H3,(H,26,29). The molecule has 1 aromatic rings. The van der Waals surface area contributed by atoms with Gasteiger partial charge in [-0.05, 0) is 51.3 Å². The molecule has 0 heterocycles. The quantitative estimate of drug-likeness (QED) is 0.689. The van der Waals surface area contributed by atoms with Crippen LogP contribution in [-0.4, -0.2) is 41.4 Å². The molecule has 1 saturated carbocycles. The first-order valence-corrected chi connectivity index (χ1v) is 10.6. The monoisotopic (exact) mass is 418 g/mol. The second-order valence-corrected chi connectivity index (χ2v) is 8.80. The van der Waals surface area contributed by atoms with Crippen LogP contribution in [0.4, 0.5) is 5.69 Å². The molecule has 6 nitrogen and oxygen atoms in total. The molecule has 0 spiro atoms. The zero-order chi connectivity index (χ0) is 21.7. The van der Waals surface area contributed by atoms with Crippen molar-refractivity contribution in [2.45, 2.75) is 70.4 Å². The summed E-state index contributed by atoms with van der Waals surface area (Å²) in [6.07, 6.45) is 5.28. The molecule has 0 saturated heterocycles. The first kappa shape index (κ1) is 23.0. The van der Waals surface area contributed by atoms with Gasteiger partial charge in [0.1, 0.15) is 5.54 Å². The van der Waals surface area contributed by atoms with Gasteiger partial charge < -0.3 is 15.5 Å². The number of hydrogen-bond acceptors (Lipinski definition) is 4. The molecule has 0 atom stereocenters. The van der Waals surface area contributed by atoms with Crippen LogP contribution in [-0.2, 0) is 4.79 Å². The van der Waals surface area contributed by atoms with Gasteiger partial charge in [0.2, 0.25) is 5.91 Å². The Kier molecular flexibility index (Phi) is 7.54. The van der Waals surface area contributed by atoms with Gasteiger partial charge in [0.15, 0.2) is 0 Å². The normalized spacial score (nSPS) is 15.9. The first-order valence-electron chi connectivity index (χ1n) is 10.2. The van der Waals surface area contributed by atoms with Crippen molar-refractivity contribution in [2.75, 3.05) is 18.9 Å². The molecule has 1 aliphatic rings. The number of nitriles is 1. The highest BCUT2D eigenvalue weighted by molar-refractivity contribution is 6.34. The van der Waals surface area contributed by atoms with Gasteiger partial charge in [0, 0.05) is 18.3 Å². The Hall–Kier alpha value is -2.26. The van der Waals surface area contributed by atoms with E-state index in [9.17, 15) is 14.9 Å². The fourth-order valence-corrected chi connectivity index (χ4v) is 3.73. The van der Waals surface area contributed by atoms with Crippen molar-refractivity contribution in [3.8, 4) is 6.07 Å². The van der Waals surface area contributed by atoms with Crippen molar-refractivity contribution in [2.24, 2.45) is 0 Å². The zero-order valence-electron chi connectivity index (χ0n) is 17.8. The number of carbonyl (C=O) groups excluding carboxylic acids is 2. The van der Waals surface area contributed by atoms with Gasteiger partial charge in [0.05, 0.1) is 23.2 Å². The van der Waals surface area contributed by atoms with E-state index in [1.807, 2.05) is 20.8 Å². The molecule has 1 aromatic carbocycles. The van der Waals surface area contributed by atoms with Crippen LogP contribution in [0.1, 0.15) is 69.7 Å². The van der Waals surface area contributed by atoms with E-state index in [0.717, 1.165) is 38.5 Å². The second kappa shape index (κ2) is 9.49. The third-order valence-corrected chi connectivity index (χ3v) is 6.21. The van der Waals surface area contributed by atoms with Crippen LogP contribution in [0.25, 0.3) is 0 Å². The Balaban J connectivity index is 2.00. The summed E-state index contributed by atoms with van der Waals surface area (Å²) in [6.45, 7) is 5.98. The Morgan fingerprint density at radius 3 is 2.48 bits per heavy atom. The molecule has 2 rings (SSSR count). The number of likely N-dealkylation sites (N-methyl/N-ethyl adjacent to an activating group) is 1. The molecule has 1 fully saturated rings. The van der Waals surface area contributed by atoms with Crippen LogP contribution < -0.4 is 10.6 Å². The Morgan fingerprint density at radius 2 is 1.93 bits per heavy atom. The van der Waals surface area contributed by atoms with E-state index < -0.39 is 5.54 Å². The molecule has 29 heavy (non-hydrogen) atoms. The minimum Gasteiger partial charge on any atom is -0.376 e. The maximum atomic E-state index is 12.6. The lowest BCUT2D eigenvalue weighted by atomic mass is 9.81. The molecule has 0 aliphatic heterocycles. The number of hydrogen-bond donors (Lipinski definition) is 2. The predicted molar refractivity (Wildman–Crippen MR) is 116 cm³/mol. The van der Waals surface area contributed by atoms with E-state index >= 15 is 0 Å². The Labute approximate surface area is 178 Å². The molecular weight excluding hydrogens is 388 g/mol. The molecule has 1 aliphatic carbocycles. The summed E-state index contributed by atoms with van der Waals surface area (Å²) in [5, 5.41) is 16.0. The highest BCUT2D eigenvalue weighted by atomic mass is 35.5. The van der Waals surface area contributed by atoms with Gasteiger partial charge >= 0.3 is 0 Å². The fraction of sp³-hybridized carbons (Fsp3) is 0.591. The van der Waals surface area contributed by atoms with E-state index in [1.165, 1.54) is 0 Å². The lowest BCUT2D eigenvalue weighted by Crippen LogP contribution is -2.51. The van der Waals surface area contributed by atoms with E-state index in [2.05, 4.69) is 16.7 Å². The molecule has 2 amide bonds. The number of anilines is 1. The highest BCUT2D eigenvalue weighted by Gasteiger charge is 2.38. The van der Waals surface area contributed by atoms with Crippen molar-refractivity contribution >= 4 is 29.1 Å². The van der Waals surface area contributed by atoms with Crippen molar-refractivity contribution in [1.82, 2.24) is 10.2 Å². The Morgan fingerprint density at radius 1 is 1.28 bits per heavy atom. The van der Waals surface area contributed by atoms with Crippen LogP contribution in [0, 0.1) is 11.3 Å². The minimum atomic E-state index is -0.706. The van der Waals surface area contributed by atoms with Crippen LogP contribution in [0.5, 0.6) is 0 Å². The van der Waals surface area contributed by atoms with Gasteiger partial charge in [0.25, 0.3) is 5.91 Å². The van der Waals surface area contributed by atoms with E-state index in [4.69, 9.17) is 11.6 Å². The average Bonchev–Trinajstić information content (AvgIpc) is 2.71. The van der Waals surface area contributed by atoms with Crippen molar-refractivity contribution in [3.63, 3.8) is 0 Å². The zero-order valence-corrected chi connectivity index (χ0v) is 18.5. The van der Waals surface area contributed by atoms with Gasteiger partial charge in [-0.15, -0.1) is 0 Å². The lowest BCUT2D eigenvalue weighted by Gasteiger charge is -2.39. The molecule has 0 unspecified atom stereocenters. The third-order valence-electron chi connectivity index (χ3n) is 5.90. The molecule has 2 N–H and O–H groups in total. The summed E-state index contributed by atoms with van der Waals surface area (Å²) in [6, 6.07) is 7.38. The Bertz CT molecular complexity index is 794. The third kappa shape index (κ3) is 5.63. The topological polar surface area (TPSA) is 85.2 Å². The van der Waals surface area contributed by atoms with E-state index in [0.29, 0.717) is 16.3 Å². The summed E-state index contributed by atoms with van der Waals surface area (Å²) in [5.41, 5.74) is 0.0258. The number of rotatable bonds is 7. The minimum absolute atomic E-state index is 0.0602. The number of halogens is 1. The van der Waals surface area contributed by atoms with Crippen molar-refractivity contribution in [1.29, 1.82) is 5.26 Å². The van der Waals surface area contributed by atoms with Gasteiger partial charge in [-0.2, -0.15) is 5.26 Å². The summed E-state index contributed by atoms with van der Waals surface area (Å²) < 4.78 is 0. The molecule has 0 radical (unpaired) electrons. The SMILES string of the molecule is CCC(C)(C)NC(=O)c1ccc(NCC(=O)N(C)C2(C#N)CCCCC2)cc1Cl. The molecule has 158 valence electrons. The second-order valence-electron chi connectivity index (χ2n) is 8.40. The fourth-order valence-electron chi connectivity index (χ4n) is 3.47. The smallest absolute Gasteiger partial charge is 0.253 e. The first-order chi connectivity index (χ1) is 13.6. The number of nitrogens with zero attached hydrogens (tertiary/aromatic N) is 2. The van der Waals surface area contributed by atoms with Crippen LogP contribution >= 0.6 is 11.6 Å². The summed E-state index contributed by atoms with van der Waals surface area (Å²) in [4.78, 5) is 26.7. The summed E-state index contributed by atoms with van der Waals surface area (Å²) in [5.74, 6) is -0.367. The van der Waals surface area contributed by atoms with E-state index in [-0.39, 0.29) is 23.9 Å². The van der Waals surface area contributed by atoms with Crippen molar-refractivity contribution in [3.05, 3.63) is 28.8 Å². The number of amides is 2. The van der Waals surface area contributed by atoms with Crippen LogP contribution in [0.3, 0.4) is 0 Å². The highest BCUT2D eigenvalue weighted by Crippen LogP contribution is 2.32.